The Morgan fingerprint density at radius 3 is 3.12 bits per heavy atom. The summed E-state index contributed by atoms with van der Waals surface area (Å²) < 4.78 is 5.81. The molecule has 2 rings (SSSR count). The van der Waals surface area contributed by atoms with Gasteiger partial charge in [0.2, 0.25) is 0 Å². The first kappa shape index (κ1) is 11.5. The number of nitrogens with one attached hydrogen (secondary N) is 1. The molecule has 0 amide bonds. The molecule has 0 bridgehead atoms. The van der Waals surface area contributed by atoms with Crippen LogP contribution in [0.15, 0.2) is 24.4 Å². The summed E-state index contributed by atoms with van der Waals surface area (Å²) >= 11 is 0. The van der Waals surface area contributed by atoms with Crippen LogP contribution in [0.25, 0.3) is 0 Å². The van der Waals surface area contributed by atoms with Crippen molar-refractivity contribution >= 4 is 0 Å². The number of hydrogen-bond acceptors (Lipinski definition) is 4. The number of morpholine rings is 1. The van der Waals surface area contributed by atoms with Gasteiger partial charge >= 0.3 is 0 Å². The number of nitrogens with zero attached hydrogens (tertiary/aromatic N) is 2. The van der Waals surface area contributed by atoms with Crippen molar-refractivity contribution in [2.45, 2.75) is 12.1 Å². The number of ether oxygens (including phenoxy) is 1. The minimum atomic E-state index is 0.179. The second-order valence-electron chi connectivity index (χ2n) is 4.15. The quantitative estimate of drug-likeness (QED) is 0.814. The van der Waals surface area contributed by atoms with E-state index in [-0.39, 0.29) is 12.1 Å². The molecule has 4 heteroatoms. The Labute approximate surface area is 96.6 Å². The van der Waals surface area contributed by atoms with Crippen LogP contribution in [0.1, 0.15) is 11.7 Å². The second-order valence-corrected chi connectivity index (χ2v) is 4.15. The van der Waals surface area contributed by atoms with Crippen LogP contribution < -0.4 is 5.32 Å². The molecule has 0 saturated carbocycles. The van der Waals surface area contributed by atoms with Crippen molar-refractivity contribution in [3.63, 3.8) is 0 Å². The van der Waals surface area contributed by atoms with Crippen molar-refractivity contribution in [2.75, 3.05) is 33.8 Å². The third-order valence-corrected chi connectivity index (χ3v) is 3.00. The minimum absolute atomic E-state index is 0.179. The number of pyridine rings is 1. The van der Waals surface area contributed by atoms with Crippen LogP contribution >= 0.6 is 0 Å². The highest BCUT2D eigenvalue weighted by Crippen LogP contribution is 2.26. The SMILES string of the molecule is CNCC1OCCN(C)C1c1ccccn1. The van der Waals surface area contributed by atoms with Gasteiger partial charge in [0.05, 0.1) is 24.4 Å². The molecule has 4 nitrogen and oxygen atoms in total. The van der Waals surface area contributed by atoms with Crippen LogP contribution in [-0.2, 0) is 4.74 Å². The van der Waals surface area contributed by atoms with Gasteiger partial charge in [-0.25, -0.2) is 0 Å². The van der Waals surface area contributed by atoms with Crippen LogP contribution in [0, 0.1) is 0 Å². The summed E-state index contributed by atoms with van der Waals surface area (Å²) in [4.78, 5) is 6.75. The Kier molecular flexibility index (Phi) is 3.88. The monoisotopic (exact) mass is 221 g/mol. The van der Waals surface area contributed by atoms with E-state index in [0.29, 0.717) is 0 Å². The number of rotatable bonds is 3. The summed E-state index contributed by atoms with van der Waals surface area (Å²) in [6, 6.07) is 6.29. The van der Waals surface area contributed by atoms with Crippen molar-refractivity contribution < 1.29 is 4.74 Å². The van der Waals surface area contributed by atoms with E-state index < -0.39 is 0 Å². The Hall–Kier alpha value is -0.970. The maximum absolute atomic E-state index is 5.81. The highest BCUT2D eigenvalue weighted by Gasteiger charge is 2.31. The van der Waals surface area contributed by atoms with Gasteiger partial charge in [-0.2, -0.15) is 0 Å². The van der Waals surface area contributed by atoms with E-state index in [9.17, 15) is 0 Å². The first-order chi connectivity index (χ1) is 7.83. The molecule has 2 heterocycles. The molecule has 0 radical (unpaired) electrons. The van der Waals surface area contributed by atoms with Crippen molar-refractivity contribution in [1.82, 2.24) is 15.2 Å². The zero-order valence-corrected chi connectivity index (χ0v) is 9.89. The fourth-order valence-corrected chi connectivity index (χ4v) is 2.20. The average molecular weight is 221 g/mol. The Morgan fingerprint density at radius 2 is 2.44 bits per heavy atom. The van der Waals surface area contributed by atoms with Gasteiger partial charge in [0.1, 0.15) is 0 Å². The summed E-state index contributed by atoms with van der Waals surface area (Å²) in [5.41, 5.74) is 1.09. The molecular weight excluding hydrogens is 202 g/mol. The lowest BCUT2D eigenvalue weighted by atomic mass is 10.0. The lowest BCUT2D eigenvalue weighted by Gasteiger charge is -2.38. The standard InChI is InChI=1S/C12H19N3O/c1-13-9-11-12(15(2)7-8-16-11)10-5-3-4-6-14-10/h3-6,11-13H,7-9H2,1-2H3. The molecule has 1 aliphatic heterocycles. The molecule has 0 aliphatic carbocycles. The first-order valence-electron chi connectivity index (χ1n) is 5.70. The van der Waals surface area contributed by atoms with E-state index >= 15 is 0 Å². The molecule has 2 unspecified atom stereocenters. The van der Waals surface area contributed by atoms with E-state index in [1.165, 1.54) is 0 Å². The van der Waals surface area contributed by atoms with Gasteiger partial charge in [-0.1, -0.05) is 6.07 Å². The van der Waals surface area contributed by atoms with Crippen LogP contribution in [0.4, 0.5) is 0 Å². The van der Waals surface area contributed by atoms with E-state index in [1.54, 1.807) is 0 Å². The van der Waals surface area contributed by atoms with E-state index in [4.69, 9.17) is 4.74 Å². The molecule has 1 N–H and O–H groups in total. The molecule has 16 heavy (non-hydrogen) atoms. The van der Waals surface area contributed by atoms with Gasteiger partial charge < -0.3 is 10.1 Å². The third kappa shape index (κ3) is 2.40. The van der Waals surface area contributed by atoms with Crippen LogP contribution in [0.2, 0.25) is 0 Å². The van der Waals surface area contributed by atoms with Crippen LogP contribution in [0.3, 0.4) is 0 Å². The molecule has 1 aromatic rings. The zero-order chi connectivity index (χ0) is 11.4. The minimum Gasteiger partial charge on any atom is -0.374 e. The highest BCUT2D eigenvalue weighted by atomic mass is 16.5. The normalized spacial score (nSPS) is 26.9. The van der Waals surface area contributed by atoms with E-state index in [2.05, 4.69) is 28.3 Å². The molecule has 1 saturated heterocycles. The largest absolute Gasteiger partial charge is 0.374 e. The predicted octanol–water partition coefficient (Wildman–Crippen LogP) is 0.673. The highest BCUT2D eigenvalue weighted by molar-refractivity contribution is 5.11. The van der Waals surface area contributed by atoms with Gasteiger partial charge in [-0.3, -0.25) is 9.88 Å². The predicted molar refractivity (Wildman–Crippen MR) is 63.3 cm³/mol. The van der Waals surface area contributed by atoms with Gasteiger partial charge in [-0.05, 0) is 26.2 Å². The third-order valence-electron chi connectivity index (χ3n) is 3.00. The molecular formula is C12H19N3O. The maximum atomic E-state index is 5.81. The topological polar surface area (TPSA) is 37.4 Å². The molecule has 1 aliphatic rings. The van der Waals surface area contributed by atoms with Crippen LogP contribution in [-0.4, -0.2) is 49.8 Å². The molecule has 1 fully saturated rings. The van der Waals surface area contributed by atoms with Gasteiger partial charge in [0.25, 0.3) is 0 Å². The smallest absolute Gasteiger partial charge is 0.0911 e. The number of aromatic nitrogens is 1. The van der Waals surface area contributed by atoms with Crippen molar-refractivity contribution in [1.29, 1.82) is 0 Å². The Balaban J connectivity index is 2.19. The van der Waals surface area contributed by atoms with Gasteiger partial charge in [0.15, 0.2) is 0 Å². The maximum Gasteiger partial charge on any atom is 0.0911 e. The number of likely N-dealkylation sites (N-methyl/N-ethyl adjacent to an activating group) is 2. The summed E-state index contributed by atoms with van der Waals surface area (Å²) in [7, 11) is 4.08. The fraction of sp³-hybridized carbons (Fsp3) is 0.583. The average Bonchev–Trinajstić information content (AvgIpc) is 2.31. The van der Waals surface area contributed by atoms with Gasteiger partial charge in [-0.15, -0.1) is 0 Å². The molecule has 1 aromatic heterocycles. The number of hydrogen-bond donors (Lipinski definition) is 1. The van der Waals surface area contributed by atoms with Gasteiger partial charge in [0, 0.05) is 19.3 Å². The lowest BCUT2D eigenvalue weighted by molar-refractivity contribution is -0.0619. The zero-order valence-electron chi connectivity index (χ0n) is 9.89. The molecule has 0 spiro atoms. The summed E-state index contributed by atoms with van der Waals surface area (Å²) in [5.74, 6) is 0. The van der Waals surface area contributed by atoms with Crippen LogP contribution in [0.5, 0.6) is 0 Å². The summed E-state index contributed by atoms with van der Waals surface area (Å²) in [6.07, 6.45) is 2.02. The van der Waals surface area contributed by atoms with Crippen molar-refractivity contribution in [3.8, 4) is 0 Å². The first-order valence-corrected chi connectivity index (χ1v) is 5.70. The summed E-state index contributed by atoms with van der Waals surface area (Å²) in [5, 5.41) is 3.18. The molecule has 2 atom stereocenters. The summed E-state index contributed by atoms with van der Waals surface area (Å²) in [6.45, 7) is 2.61. The second kappa shape index (κ2) is 5.39. The fourth-order valence-electron chi connectivity index (χ4n) is 2.20. The molecule has 0 aromatic carbocycles. The Morgan fingerprint density at radius 1 is 1.56 bits per heavy atom. The van der Waals surface area contributed by atoms with Crippen molar-refractivity contribution in [2.24, 2.45) is 0 Å². The van der Waals surface area contributed by atoms with E-state index in [0.717, 1.165) is 25.4 Å². The van der Waals surface area contributed by atoms with Crippen molar-refractivity contribution in [3.05, 3.63) is 30.1 Å². The molecule has 88 valence electrons. The lowest BCUT2D eigenvalue weighted by Crippen LogP contribution is -2.47. The van der Waals surface area contributed by atoms with E-state index in [1.807, 2.05) is 25.4 Å². The Bertz CT molecular complexity index is 315.